The molecule has 0 aliphatic heterocycles. The summed E-state index contributed by atoms with van der Waals surface area (Å²) in [6.45, 7) is 0.393. The van der Waals surface area contributed by atoms with Crippen LogP contribution in [-0.4, -0.2) is 50.7 Å². The fourth-order valence-corrected chi connectivity index (χ4v) is 3.20. The molecule has 3 amide bonds. The molecule has 33 heavy (non-hydrogen) atoms. The van der Waals surface area contributed by atoms with Crippen LogP contribution in [0.4, 0.5) is 22.1 Å². The molecule has 4 aromatic rings. The first-order valence-corrected chi connectivity index (χ1v) is 10.3. The zero-order chi connectivity index (χ0) is 23.4. The summed E-state index contributed by atoms with van der Waals surface area (Å²) in [6, 6.07) is 12.3. The third-order valence-corrected chi connectivity index (χ3v) is 4.86. The maximum Gasteiger partial charge on any atom is 0.322 e. The molecule has 0 unspecified atom stereocenters. The predicted octanol–water partition coefficient (Wildman–Crippen LogP) is 3.32. The summed E-state index contributed by atoms with van der Waals surface area (Å²) in [5, 5.41) is 14.2. The van der Waals surface area contributed by atoms with Crippen molar-refractivity contribution in [2.24, 2.45) is 7.05 Å². The van der Waals surface area contributed by atoms with Crippen molar-refractivity contribution in [3.8, 4) is 0 Å². The third-order valence-electron chi connectivity index (χ3n) is 4.86. The first kappa shape index (κ1) is 21.8. The van der Waals surface area contributed by atoms with E-state index >= 15 is 0 Å². The summed E-state index contributed by atoms with van der Waals surface area (Å²) >= 11 is 0. The Hall–Kier alpha value is -4.47. The van der Waals surface area contributed by atoms with Crippen molar-refractivity contribution in [1.82, 2.24) is 24.6 Å². The molecule has 0 spiro atoms. The van der Waals surface area contributed by atoms with Crippen molar-refractivity contribution < 1.29 is 9.59 Å². The van der Waals surface area contributed by atoms with Crippen molar-refractivity contribution in [3.05, 3.63) is 72.2 Å². The highest BCUT2D eigenvalue weighted by molar-refractivity contribution is 6.08. The van der Waals surface area contributed by atoms with Crippen LogP contribution < -0.4 is 16.0 Å². The minimum atomic E-state index is -0.283. The number of benzene rings is 1. The molecule has 0 radical (unpaired) electrons. The van der Waals surface area contributed by atoms with Gasteiger partial charge in [0, 0.05) is 57.4 Å². The lowest BCUT2D eigenvalue weighted by molar-refractivity contribution is 0.102. The number of amides is 3. The van der Waals surface area contributed by atoms with Gasteiger partial charge in [-0.1, -0.05) is 0 Å². The number of hydrogen-bond donors (Lipinski definition) is 3. The molecule has 0 bridgehead atoms. The number of carbonyl (C=O) groups is 2. The smallest absolute Gasteiger partial charge is 0.322 e. The Balaban J connectivity index is 1.46. The van der Waals surface area contributed by atoms with Gasteiger partial charge >= 0.3 is 6.03 Å². The third kappa shape index (κ3) is 5.24. The molecule has 10 heteroatoms. The number of rotatable bonds is 6. The zero-order valence-corrected chi connectivity index (χ0v) is 18.5. The Kier molecular flexibility index (Phi) is 6.16. The van der Waals surface area contributed by atoms with E-state index in [4.69, 9.17) is 0 Å². The lowest BCUT2D eigenvalue weighted by atomic mass is 10.2. The first-order valence-electron chi connectivity index (χ1n) is 10.3. The Morgan fingerprint density at radius 2 is 1.88 bits per heavy atom. The molecule has 4 rings (SSSR count). The van der Waals surface area contributed by atoms with Gasteiger partial charge in [0.25, 0.3) is 5.91 Å². The van der Waals surface area contributed by atoms with Gasteiger partial charge in [-0.2, -0.15) is 5.10 Å². The van der Waals surface area contributed by atoms with E-state index in [1.165, 1.54) is 4.90 Å². The van der Waals surface area contributed by atoms with Crippen LogP contribution in [0.3, 0.4) is 0 Å². The van der Waals surface area contributed by atoms with E-state index in [1.807, 2.05) is 37.5 Å². The second-order valence-corrected chi connectivity index (χ2v) is 7.66. The van der Waals surface area contributed by atoms with E-state index in [-0.39, 0.29) is 11.9 Å². The Labute approximate surface area is 190 Å². The molecule has 168 valence electrons. The van der Waals surface area contributed by atoms with E-state index < -0.39 is 0 Å². The van der Waals surface area contributed by atoms with Crippen LogP contribution in [0.2, 0.25) is 0 Å². The molecule has 3 heterocycles. The lowest BCUT2D eigenvalue weighted by Gasteiger charge is -2.13. The molecule has 3 N–H and O–H groups in total. The molecule has 10 nitrogen and oxygen atoms in total. The molecule has 0 fully saturated rings. The normalized spacial score (nSPS) is 10.6. The fraction of sp³-hybridized carbons (Fsp3) is 0.174. The zero-order valence-electron chi connectivity index (χ0n) is 18.5. The maximum atomic E-state index is 12.9. The average Bonchev–Trinajstić information content (AvgIpc) is 3.17. The van der Waals surface area contributed by atoms with Crippen LogP contribution in [0.5, 0.6) is 0 Å². The van der Waals surface area contributed by atoms with Gasteiger partial charge in [-0.15, -0.1) is 0 Å². The van der Waals surface area contributed by atoms with Crippen LogP contribution in [0.1, 0.15) is 15.9 Å². The number of aromatic nitrogens is 4. The largest absolute Gasteiger partial charge is 0.365 e. The quantitative estimate of drug-likeness (QED) is 0.420. The van der Waals surface area contributed by atoms with Gasteiger partial charge in [-0.3, -0.25) is 14.8 Å². The van der Waals surface area contributed by atoms with Crippen LogP contribution in [0, 0.1) is 0 Å². The van der Waals surface area contributed by atoms with Crippen molar-refractivity contribution in [1.29, 1.82) is 0 Å². The summed E-state index contributed by atoms with van der Waals surface area (Å²) < 4.78 is 1.73. The lowest BCUT2D eigenvalue weighted by Crippen LogP contribution is -2.27. The number of hydrogen-bond acceptors (Lipinski definition) is 6. The van der Waals surface area contributed by atoms with Gasteiger partial charge in [-0.25, -0.2) is 14.8 Å². The molecule has 0 saturated carbocycles. The van der Waals surface area contributed by atoms with Crippen molar-refractivity contribution in [2.75, 3.05) is 30.0 Å². The highest BCUT2D eigenvalue weighted by Gasteiger charge is 2.13. The summed E-state index contributed by atoms with van der Waals surface area (Å²) in [5.74, 6) is 0.607. The van der Waals surface area contributed by atoms with Crippen molar-refractivity contribution in [2.45, 2.75) is 6.54 Å². The van der Waals surface area contributed by atoms with Crippen LogP contribution in [-0.2, 0) is 13.6 Å². The second-order valence-electron chi connectivity index (χ2n) is 7.66. The number of fused-ring (bicyclic) bond motifs is 1. The number of anilines is 3. The minimum absolute atomic E-state index is 0.264. The molecule has 0 saturated heterocycles. The van der Waals surface area contributed by atoms with Crippen LogP contribution >= 0.6 is 0 Å². The molecule has 0 aliphatic carbocycles. The van der Waals surface area contributed by atoms with E-state index in [2.05, 4.69) is 31.0 Å². The summed E-state index contributed by atoms with van der Waals surface area (Å²) in [7, 11) is 5.17. The average molecular weight is 444 g/mol. The number of nitrogens with zero attached hydrogens (tertiary/aromatic N) is 5. The summed E-state index contributed by atoms with van der Waals surface area (Å²) in [5.41, 5.74) is 2.73. The molecule has 0 aliphatic rings. The van der Waals surface area contributed by atoms with E-state index in [9.17, 15) is 9.59 Å². The Bertz CT molecular complexity index is 1310. The van der Waals surface area contributed by atoms with E-state index in [1.54, 1.807) is 49.4 Å². The predicted molar refractivity (Wildman–Crippen MR) is 127 cm³/mol. The number of nitrogens with one attached hydrogen (secondary N) is 3. The van der Waals surface area contributed by atoms with Crippen LogP contribution in [0.25, 0.3) is 10.9 Å². The van der Waals surface area contributed by atoms with Crippen molar-refractivity contribution >= 4 is 40.2 Å². The highest BCUT2D eigenvalue weighted by Crippen LogP contribution is 2.20. The molecule has 3 aromatic heterocycles. The second kappa shape index (κ2) is 9.35. The number of carbonyl (C=O) groups excluding carboxylic acids is 2. The number of pyridine rings is 2. The Morgan fingerprint density at radius 1 is 1.03 bits per heavy atom. The van der Waals surface area contributed by atoms with Crippen molar-refractivity contribution in [3.63, 3.8) is 0 Å². The topological polar surface area (TPSA) is 117 Å². The first-order chi connectivity index (χ1) is 15.9. The number of urea groups is 1. The van der Waals surface area contributed by atoms with E-state index in [0.29, 0.717) is 29.4 Å². The standard InChI is InChI=1S/C23H24N8O2/c1-30(2)23(33)28-20-11-15(8-10-24-20)13-26-21-18(5-4-9-25-21)22(32)27-17-7-6-16-14-31(3)29-19(16)12-17/h4-12,14H,13H2,1-3H3,(H,25,26)(H,27,32)(H,24,28,33). The van der Waals surface area contributed by atoms with Gasteiger partial charge in [-0.05, 0) is 48.0 Å². The van der Waals surface area contributed by atoms with Crippen LogP contribution in [0.15, 0.2) is 61.1 Å². The van der Waals surface area contributed by atoms with Gasteiger partial charge in [0.15, 0.2) is 0 Å². The van der Waals surface area contributed by atoms with E-state index in [0.717, 1.165) is 16.5 Å². The van der Waals surface area contributed by atoms with Gasteiger partial charge in [0.1, 0.15) is 11.6 Å². The fourth-order valence-electron chi connectivity index (χ4n) is 3.20. The van der Waals surface area contributed by atoms with Gasteiger partial charge in [0.05, 0.1) is 11.1 Å². The highest BCUT2D eigenvalue weighted by atomic mass is 16.2. The molecular weight excluding hydrogens is 420 g/mol. The summed E-state index contributed by atoms with van der Waals surface area (Å²) in [6.07, 6.45) is 5.15. The Morgan fingerprint density at radius 3 is 2.70 bits per heavy atom. The molecule has 1 aromatic carbocycles. The monoisotopic (exact) mass is 444 g/mol. The number of aryl methyl sites for hydroxylation is 1. The minimum Gasteiger partial charge on any atom is -0.365 e. The molecular formula is C23H24N8O2. The SMILES string of the molecule is CN(C)C(=O)Nc1cc(CNc2ncccc2C(=O)Nc2ccc3cn(C)nc3c2)ccn1. The van der Waals surface area contributed by atoms with Gasteiger partial charge in [0.2, 0.25) is 0 Å². The molecule has 0 atom stereocenters. The maximum absolute atomic E-state index is 12.9. The summed E-state index contributed by atoms with van der Waals surface area (Å²) in [4.78, 5) is 34.7. The van der Waals surface area contributed by atoms with Gasteiger partial charge < -0.3 is 15.5 Å².